The Morgan fingerprint density at radius 2 is 1.82 bits per heavy atom. The lowest BCUT2D eigenvalue weighted by molar-refractivity contribution is -0.242. The maximum atomic E-state index is 13.6. The van der Waals surface area contributed by atoms with Crippen LogP contribution in [0.15, 0.2) is 47.4 Å². The second-order valence-corrected chi connectivity index (χ2v) is 13.4. The van der Waals surface area contributed by atoms with Crippen LogP contribution in [-0.4, -0.2) is 70.5 Å². The highest BCUT2D eigenvalue weighted by Crippen LogP contribution is 2.40. The monoisotopic (exact) mass is 595 g/mol. The molecule has 0 aromatic heterocycles. The summed E-state index contributed by atoms with van der Waals surface area (Å²) in [5.41, 5.74) is -2.97. The van der Waals surface area contributed by atoms with Crippen molar-refractivity contribution in [3.8, 4) is 5.75 Å². The topological polar surface area (TPSA) is 122 Å². The first kappa shape index (κ1) is 28.9. The minimum absolute atomic E-state index is 0.0167. The Labute approximate surface area is 222 Å². The number of alkyl halides is 3. The van der Waals surface area contributed by atoms with Crippen LogP contribution in [0.5, 0.6) is 5.75 Å². The smallest absolute Gasteiger partial charge is 0.427 e. The van der Waals surface area contributed by atoms with Crippen molar-refractivity contribution >= 4 is 37.5 Å². The van der Waals surface area contributed by atoms with Crippen LogP contribution in [0.2, 0.25) is 0 Å². The van der Waals surface area contributed by atoms with Crippen LogP contribution in [0.3, 0.4) is 0 Å². The molecule has 2 heterocycles. The van der Waals surface area contributed by atoms with Gasteiger partial charge in [0.05, 0.1) is 29.4 Å². The van der Waals surface area contributed by atoms with E-state index in [1.54, 1.807) is 0 Å². The van der Waals surface area contributed by atoms with Gasteiger partial charge in [-0.25, -0.2) is 26.0 Å². The van der Waals surface area contributed by atoms with E-state index in [1.165, 1.54) is 22.5 Å². The third-order valence-corrected chi connectivity index (χ3v) is 9.90. The predicted molar refractivity (Wildman–Crippen MR) is 132 cm³/mol. The number of nitrogens with one attached hydrogen (secondary N) is 1. The average Bonchev–Trinajstić information content (AvgIpc) is 3.15. The molecule has 16 heteroatoms. The van der Waals surface area contributed by atoms with Crippen LogP contribution < -0.4 is 14.4 Å². The number of rotatable bonds is 6. The van der Waals surface area contributed by atoms with E-state index >= 15 is 0 Å². The van der Waals surface area contributed by atoms with E-state index in [4.69, 9.17) is 4.74 Å². The van der Waals surface area contributed by atoms with Crippen molar-refractivity contribution in [1.29, 1.82) is 0 Å². The second kappa shape index (κ2) is 10.1. The lowest BCUT2D eigenvalue weighted by Crippen LogP contribution is -2.48. The molecule has 0 bridgehead atoms. The largest absolute Gasteiger partial charge is 0.485 e. The molecular formula is C23H25F4N3O7S2. The molecule has 1 fully saturated rings. The number of amides is 1. The number of anilines is 2. The first-order valence-electron chi connectivity index (χ1n) is 11.6. The van der Waals surface area contributed by atoms with Crippen molar-refractivity contribution in [3.05, 3.63) is 48.3 Å². The van der Waals surface area contributed by atoms with E-state index < -0.39 is 49.8 Å². The van der Waals surface area contributed by atoms with Crippen LogP contribution in [0.25, 0.3) is 0 Å². The summed E-state index contributed by atoms with van der Waals surface area (Å²) in [7, 11) is -7.87. The minimum atomic E-state index is -4.84. The van der Waals surface area contributed by atoms with Gasteiger partial charge in [-0.1, -0.05) is 0 Å². The highest BCUT2D eigenvalue weighted by Gasteiger charge is 2.51. The molecular weight excluding hydrogens is 570 g/mol. The van der Waals surface area contributed by atoms with Gasteiger partial charge in [0.1, 0.15) is 17.7 Å². The molecule has 1 atom stereocenters. The van der Waals surface area contributed by atoms with Crippen molar-refractivity contribution in [3.63, 3.8) is 0 Å². The van der Waals surface area contributed by atoms with Crippen LogP contribution in [0.1, 0.15) is 20.3 Å². The van der Waals surface area contributed by atoms with E-state index in [9.17, 15) is 39.2 Å². The number of hydrogen-bond donors (Lipinski definition) is 1. The number of fused-ring (bicyclic) bond motifs is 1. The molecule has 2 aromatic rings. The zero-order valence-electron chi connectivity index (χ0n) is 20.7. The van der Waals surface area contributed by atoms with Crippen LogP contribution in [-0.2, 0) is 24.8 Å². The van der Waals surface area contributed by atoms with Crippen LogP contribution in [0, 0.1) is 5.82 Å². The fourth-order valence-corrected chi connectivity index (χ4v) is 7.05. The van der Waals surface area contributed by atoms with Crippen LogP contribution in [0.4, 0.5) is 33.7 Å². The van der Waals surface area contributed by atoms with Gasteiger partial charge in [0, 0.05) is 12.2 Å². The summed E-state index contributed by atoms with van der Waals surface area (Å²) in [6, 6.07) is 7.74. The number of sulfonamides is 2. The van der Waals surface area contributed by atoms with E-state index in [1.807, 2.05) is 0 Å². The number of nitrogens with zero attached hydrogens (tertiary/aromatic N) is 2. The summed E-state index contributed by atoms with van der Waals surface area (Å²) in [5, 5.41) is 2.14. The number of benzene rings is 2. The number of hydrogen-bond acceptors (Lipinski definition) is 7. The Bertz CT molecular complexity index is 1460. The second-order valence-electron chi connectivity index (χ2n) is 9.46. The maximum absolute atomic E-state index is 13.6. The van der Waals surface area contributed by atoms with Crippen molar-refractivity contribution in [1.82, 2.24) is 4.31 Å². The van der Waals surface area contributed by atoms with Gasteiger partial charge in [-0.2, -0.15) is 17.5 Å². The van der Waals surface area contributed by atoms with Gasteiger partial charge in [-0.05, 0) is 62.7 Å². The van der Waals surface area contributed by atoms with Gasteiger partial charge < -0.3 is 9.47 Å². The number of ether oxygens (including phenoxy) is 2. The average molecular weight is 596 g/mol. The molecule has 39 heavy (non-hydrogen) atoms. The molecule has 0 saturated carbocycles. The Hall–Kier alpha value is -3.11. The first-order valence-corrected chi connectivity index (χ1v) is 14.7. The van der Waals surface area contributed by atoms with Gasteiger partial charge in [0.2, 0.25) is 15.6 Å². The third-order valence-electron chi connectivity index (χ3n) is 6.18. The molecule has 1 amide bonds. The lowest BCUT2D eigenvalue weighted by atomic mass is 10.1. The number of halogens is 4. The van der Waals surface area contributed by atoms with Gasteiger partial charge in [-0.15, -0.1) is 0 Å². The molecule has 4 rings (SSSR count). The van der Waals surface area contributed by atoms with Gasteiger partial charge >= 0.3 is 12.3 Å². The molecule has 2 aliphatic heterocycles. The van der Waals surface area contributed by atoms with E-state index in [-0.39, 0.29) is 47.4 Å². The molecule has 2 aromatic carbocycles. The van der Waals surface area contributed by atoms with Crippen molar-refractivity contribution in [2.45, 2.75) is 43.0 Å². The third kappa shape index (κ3) is 6.06. The summed E-state index contributed by atoms with van der Waals surface area (Å²) in [5.74, 6) is -0.687. The van der Waals surface area contributed by atoms with Crippen molar-refractivity contribution < 1.29 is 48.7 Å². The normalized spacial score (nSPS) is 19.7. The Morgan fingerprint density at radius 1 is 1.15 bits per heavy atom. The molecule has 1 N–H and O–H groups in total. The predicted octanol–water partition coefficient (Wildman–Crippen LogP) is 3.71. The highest BCUT2D eigenvalue weighted by molar-refractivity contribution is 7.92. The summed E-state index contributed by atoms with van der Waals surface area (Å²) in [6.07, 6.45) is -6.78. The molecule has 1 saturated heterocycles. The summed E-state index contributed by atoms with van der Waals surface area (Å²) in [6.45, 7) is 1.12. The first-order chi connectivity index (χ1) is 18.0. The molecule has 10 nitrogen and oxygen atoms in total. The molecule has 0 unspecified atom stereocenters. The molecule has 0 radical (unpaired) electrons. The Kier molecular flexibility index (Phi) is 7.50. The van der Waals surface area contributed by atoms with E-state index in [0.717, 1.165) is 28.6 Å². The van der Waals surface area contributed by atoms with E-state index in [0.29, 0.717) is 20.3 Å². The number of carbonyl (C=O) groups is 1. The standard InChI is InChI=1S/C23H25F4N3O7S2/c1-22(2,23(25,26)27)37-21(31)28-16-6-9-20-19(12-16)30(39(34,35)18-7-4-15(24)5-8-18)14-17(36-20)13-29-10-3-11-38(29,32)33/h4-9,12,17H,3,10-11,13-14H2,1-2H3,(H,28,31)/t17-/m0/s1. The summed E-state index contributed by atoms with van der Waals surface area (Å²) in [4.78, 5) is 11.9. The fraction of sp³-hybridized carbons (Fsp3) is 0.435. The van der Waals surface area contributed by atoms with Gasteiger partial charge in [0.25, 0.3) is 10.0 Å². The maximum Gasteiger partial charge on any atom is 0.427 e. The van der Waals surface area contributed by atoms with Crippen molar-refractivity contribution in [2.24, 2.45) is 0 Å². The summed E-state index contributed by atoms with van der Waals surface area (Å²) < 4.78 is 117. The van der Waals surface area contributed by atoms with Crippen molar-refractivity contribution in [2.75, 3.05) is 35.0 Å². The fourth-order valence-electron chi connectivity index (χ4n) is 4.00. The van der Waals surface area contributed by atoms with Gasteiger partial charge in [-0.3, -0.25) is 9.62 Å². The van der Waals surface area contributed by atoms with Gasteiger partial charge in [0.15, 0.2) is 0 Å². The zero-order valence-corrected chi connectivity index (χ0v) is 22.4. The van der Waals surface area contributed by atoms with E-state index in [2.05, 4.69) is 10.1 Å². The molecule has 2 aliphatic rings. The molecule has 0 spiro atoms. The van der Waals surface area contributed by atoms with Crippen LogP contribution >= 0.6 is 0 Å². The highest BCUT2D eigenvalue weighted by atomic mass is 32.2. The zero-order chi connectivity index (χ0) is 28.8. The minimum Gasteiger partial charge on any atom is -0.485 e. The molecule has 214 valence electrons. The summed E-state index contributed by atoms with van der Waals surface area (Å²) >= 11 is 0. The molecule has 0 aliphatic carbocycles. The quantitative estimate of drug-likeness (QED) is 0.506. The number of carbonyl (C=O) groups excluding carboxylic acids is 1. The SMILES string of the molecule is CC(C)(OC(=O)Nc1ccc2c(c1)N(S(=O)(=O)c1ccc(F)cc1)C[C@H](CN1CCCS1(=O)=O)O2)C(F)(F)F. The lowest BCUT2D eigenvalue weighted by Gasteiger charge is -2.37. The Balaban J connectivity index is 1.66. The Morgan fingerprint density at radius 3 is 2.41 bits per heavy atom.